The van der Waals surface area contributed by atoms with E-state index in [-0.39, 0.29) is 5.91 Å². The molecule has 3 nitrogen and oxygen atoms in total. The highest BCUT2D eigenvalue weighted by atomic mass is 16.2. The largest absolute Gasteiger partial charge is 0.399 e. The van der Waals surface area contributed by atoms with Crippen molar-refractivity contribution in [1.82, 2.24) is 4.90 Å². The highest BCUT2D eigenvalue weighted by molar-refractivity contribution is 5.79. The van der Waals surface area contributed by atoms with Gasteiger partial charge in [0.2, 0.25) is 5.91 Å². The zero-order valence-corrected chi connectivity index (χ0v) is 11.2. The lowest BCUT2D eigenvalue weighted by molar-refractivity contribution is -0.133. The smallest absolute Gasteiger partial charge is 0.227 e. The molecule has 2 rings (SSSR count). The molecular formula is C15H22N2O. The van der Waals surface area contributed by atoms with E-state index in [4.69, 9.17) is 5.73 Å². The SMILES string of the molecule is CC1CC(C)CN(C(=O)Cc2cccc(N)c2)C1. The van der Waals surface area contributed by atoms with Crippen LogP contribution in [0.4, 0.5) is 5.69 Å². The highest BCUT2D eigenvalue weighted by Gasteiger charge is 2.25. The van der Waals surface area contributed by atoms with Crippen molar-refractivity contribution < 1.29 is 4.79 Å². The Hall–Kier alpha value is -1.51. The van der Waals surface area contributed by atoms with Gasteiger partial charge in [-0.1, -0.05) is 26.0 Å². The first-order valence-electron chi connectivity index (χ1n) is 6.67. The Kier molecular flexibility index (Phi) is 3.90. The van der Waals surface area contributed by atoms with Crippen molar-refractivity contribution in [1.29, 1.82) is 0 Å². The first-order valence-corrected chi connectivity index (χ1v) is 6.67. The fourth-order valence-corrected chi connectivity index (χ4v) is 2.86. The number of anilines is 1. The van der Waals surface area contributed by atoms with Crippen molar-refractivity contribution >= 4 is 11.6 Å². The number of carbonyl (C=O) groups excluding carboxylic acids is 1. The molecular weight excluding hydrogens is 224 g/mol. The summed E-state index contributed by atoms with van der Waals surface area (Å²) in [4.78, 5) is 14.3. The van der Waals surface area contributed by atoms with E-state index < -0.39 is 0 Å². The Morgan fingerprint density at radius 1 is 1.33 bits per heavy atom. The third-order valence-corrected chi connectivity index (χ3v) is 3.53. The van der Waals surface area contributed by atoms with Gasteiger partial charge >= 0.3 is 0 Å². The number of nitrogens with zero attached hydrogens (tertiary/aromatic N) is 1. The molecule has 1 aliphatic heterocycles. The number of nitrogens with two attached hydrogens (primary N) is 1. The van der Waals surface area contributed by atoms with E-state index in [0.29, 0.717) is 18.3 Å². The second kappa shape index (κ2) is 5.42. The van der Waals surface area contributed by atoms with Crippen LogP contribution in [0.5, 0.6) is 0 Å². The average Bonchev–Trinajstić information content (AvgIpc) is 2.27. The molecule has 1 aliphatic rings. The summed E-state index contributed by atoms with van der Waals surface area (Å²) >= 11 is 0. The van der Waals surface area contributed by atoms with E-state index in [0.717, 1.165) is 24.3 Å². The first-order chi connectivity index (χ1) is 8.54. The monoisotopic (exact) mass is 246 g/mol. The summed E-state index contributed by atoms with van der Waals surface area (Å²) in [5.41, 5.74) is 7.46. The maximum atomic E-state index is 12.3. The molecule has 1 amide bonds. The summed E-state index contributed by atoms with van der Waals surface area (Å²) in [6.07, 6.45) is 1.69. The van der Waals surface area contributed by atoms with Crippen LogP contribution in [0.15, 0.2) is 24.3 Å². The zero-order chi connectivity index (χ0) is 13.1. The molecule has 1 aromatic carbocycles. The van der Waals surface area contributed by atoms with Crippen LogP contribution in [-0.4, -0.2) is 23.9 Å². The molecule has 3 heteroatoms. The van der Waals surface area contributed by atoms with Crippen molar-refractivity contribution in [3.8, 4) is 0 Å². The number of rotatable bonds is 2. The zero-order valence-electron chi connectivity index (χ0n) is 11.2. The van der Waals surface area contributed by atoms with E-state index in [1.54, 1.807) is 0 Å². The average molecular weight is 246 g/mol. The van der Waals surface area contributed by atoms with E-state index in [1.165, 1.54) is 6.42 Å². The molecule has 0 radical (unpaired) electrons. The molecule has 2 unspecified atom stereocenters. The van der Waals surface area contributed by atoms with E-state index in [2.05, 4.69) is 13.8 Å². The molecule has 1 heterocycles. The summed E-state index contributed by atoms with van der Waals surface area (Å²) in [6, 6.07) is 7.60. The van der Waals surface area contributed by atoms with Gasteiger partial charge in [-0.15, -0.1) is 0 Å². The minimum atomic E-state index is 0.221. The highest BCUT2D eigenvalue weighted by Crippen LogP contribution is 2.21. The maximum Gasteiger partial charge on any atom is 0.227 e. The third-order valence-electron chi connectivity index (χ3n) is 3.53. The van der Waals surface area contributed by atoms with Crippen molar-refractivity contribution in [2.75, 3.05) is 18.8 Å². The topological polar surface area (TPSA) is 46.3 Å². The predicted molar refractivity (Wildman–Crippen MR) is 74.1 cm³/mol. The molecule has 1 saturated heterocycles. The number of hydrogen-bond donors (Lipinski definition) is 1. The molecule has 98 valence electrons. The van der Waals surface area contributed by atoms with Crippen LogP contribution in [0.3, 0.4) is 0 Å². The van der Waals surface area contributed by atoms with Gasteiger partial charge in [-0.3, -0.25) is 4.79 Å². The maximum absolute atomic E-state index is 12.3. The van der Waals surface area contributed by atoms with Crippen molar-refractivity contribution in [2.24, 2.45) is 11.8 Å². The minimum Gasteiger partial charge on any atom is -0.399 e. The van der Waals surface area contributed by atoms with Gasteiger partial charge in [0.15, 0.2) is 0 Å². The van der Waals surface area contributed by atoms with Crippen LogP contribution < -0.4 is 5.73 Å². The second-order valence-corrected chi connectivity index (χ2v) is 5.67. The van der Waals surface area contributed by atoms with Gasteiger partial charge in [0.05, 0.1) is 6.42 Å². The lowest BCUT2D eigenvalue weighted by atomic mass is 9.91. The number of amides is 1. The second-order valence-electron chi connectivity index (χ2n) is 5.67. The summed E-state index contributed by atoms with van der Waals surface area (Å²) < 4.78 is 0. The lowest BCUT2D eigenvalue weighted by Gasteiger charge is -2.35. The molecule has 2 atom stereocenters. The first kappa shape index (κ1) is 12.9. The number of carbonyl (C=O) groups is 1. The van der Waals surface area contributed by atoms with Crippen LogP contribution in [0.1, 0.15) is 25.8 Å². The Morgan fingerprint density at radius 2 is 2.00 bits per heavy atom. The van der Waals surface area contributed by atoms with Crippen LogP contribution in [0.2, 0.25) is 0 Å². The quantitative estimate of drug-likeness (QED) is 0.814. The fourth-order valence-electron chi connectivity index (χ4n) is 2.86. The molecule has 0 spiro atoms. The van der Waals surface area contributed by atoms with Gasteiger partial charge in [-0.2, -0.15) is 0 Å². The van der Waals surface area contributed by atoms with E-state index >= 15 is 0 Å². The molecule has 2 N–H and O–H groups in total. The summed E-state index contributed by atoms with van der Waals surface area (Å²) in [6.45, 7) is 6.23. The Morgan fingerprint density at radius 3 is 2.61 bits per heavy atom. The van der Waals surface area contributed by atoms with E-state index in [9.17, 15) is 4.79 Å². The van der Waals surface area contributed by atoms with Gasteiger partial charge < -0.3 is 10.6 Å². The van der Waals surface area contributed by atoms with Crippen molar-refractivity contribution in [3.63, 3.8) is 0 Å². The molecule has 0 saturated carbocycles. The number of likely N-dealkylation sites (tertiary alicyclic amines) is 1. The molecule has 1 aromatic rings. The summed E-state index contributed by atoms with van der Waals surface area (Å²) in [7, 11) is 0. The number of piperidine rings is 1. The normalized spacial score (nSPS) is 24.0. The fraction of sp³-hybridized carbons (Fsp3) is 0.533. The molecule has 0 aliphatic carbocycles. The molecule has 0 aromatic heterocycles. The Labute approximate surface area is 109 Å². The van der Waals surface area contributed by atoms with Crippen LogP contribution >= 0.6 is 0 Å². The van der Waals surface area contributed by atoms with Gasteiger partial charge in [0.25, 0.3) is 0 Å². The van der Waals surface area contributed by atoms with Gasteiger partial charge in [0, 0.05) is 18.8 Å². The number of benzene rings is 1. The van der Waals surface area contributed by atoms with Crippen LogP contribution in [0.25, 0.3) is 0 Å². The minimum absolute atomic E-state index is 0.221. The van der Waals surface area contributed by atoms with Gasteiger partial charge in [-0.05, 0) is 36.0 Å². The molecule has 0 bridgehead atoms. The molecule has 1 fully saturated rings. The van der Waals surface area contributed by atoms with Crippen LogP contribution in [-0.2, 0) is 11.2 Å². The van der Waals surface area contributed by atoms with Gasteiger partial charge in [0.1, 0.15) is 0 Å². The summed E-state index contributed by atoms with van der Waals surface area (Å²) in [5.74, 6) is 1.44. The molecule has 18 heavy (non-hydrogen) atoms. The lowest BCUT2D eigenvalue weighted by Crippen LogP contribution is -2.43. The Balaban J connectivity index is 1.99. The van der Waals surface area contributed by atoms with Gasteiger partial charge in [-0.25, -0.2) is 0 Å². The van der Waals surface area contributed by atoms with Crippen molar-refractivity contribution in [3.05, 3.63) is 29.8 Å². The number of nitrogen functional groups attached to an aromatic ring is 1. The van der Waals surface area contributed by atoms with E-state index in [1.807, 2.05) is 29.2 Å². The van der Waals surface area contributed by atoms with Crippen molar-refractivity contribution in [2.45, 2.75) is 26.7 Å². The predicted octanol–water partition coefficient (Wildman–Crippen LogP) is 2.32. The number of hydrogen-bond acceptors (Lipinski definition) is 2. The van der Waals surface area contributed by atoms with Crippen LogP contribution in [0, 0.1) is 11.8 Å². The Bertz CT molecular complexity index is 420. The third kappa shape index (κ3) is 3.25. The standard InChI is InChI=1S/C15H22N2O/c1-11-6-12(2)10-17(9-11)15(18)8-13-4-3-5-14(16)7-13/h3-5,7,11-12H,6,8-10,16H2,1-2H3. The summed E-state index contributed by atoms with van der Waals surface area (Å²) in [5, 5.41) is 0.